The molecule has 17 heavy (non-hydrogen) atoms. The van der Waals surface area contributed by atoms with Gasteiger partial charge in [0.1, 0.15) is 5.75 Å². The minimum Gasteiger partial charge on any atom is -0.508 e. The van der Waals surface area contributed by atoms with Crippen LogP contribution in [0.5, 0.6) is 5.75 Å². The number of aromatic hydroxyl groups is 1. The molecule has 1 saturated heterocycles. The zero-order valence-electron chi connectivity index (χ0n) is 9.93. The van der Waals surface area contributed by atoms with Crippen molar-refractivity contribution in [2.45, 2.75) is 13.0 Å². The van der Waals surface area contributed by atoms with Gasteiger partial charge in [-0.2, -0.15) is 0 Å². The summed E-state index contributed by atoms with van der Waals surface area (Å²) in [4.78, 5) is 2.39. The van der Waals surface area contributed by atoms with Crippen LogP contribution in [-0.4, -0.2) is 36.2 Å². The largest absolute Gasteiger partial charge is 0.508 e. The van der Waals surface area contributed by atoms with Crippen molar-refractivity contribution in [2.75, 3.05) is 26.2 Å². The van der Waals surface area contributed by atoms with E-state index < -0.39 is 0 Å². The van der Waals surface area contributed by atoms with E-state index in [-0.39, 0.29) is 24.8 Å². The van der Waals surface area contributed by atoms with Crippen molar-refractivity contribution in [1.29, 1.82) is 0 Å². The molecule has 1 aliphatic heterocycles. The number of rotatable bonds is 2. The second kappa shape index (κ2) is 7.77. The lowest BCUT2D eigenvalue weighted by Gasteiger charge is -2.33. The van der Waals surface area contributed by atoms with Crippen molar-refractivity contribution in [1.82, 2.24) is 10.2 Å². The number of halogens is 2. The van der Waals surface area contributed by atoms with Gasteiger partial charge in [-0.05, 0) is 13.0 Å². The van der Waals surface area contributed by atoms with Gasteiger partial charge in [-0.3, -0.25) is 4.90 Å². The van der Waals surface area contributed by atoms with Gasteiger partial charge in [-0.15, -0.1) is 24.8 Å². The highest BCUT2D eigenvalue weighted by atomic mass is 35.5. The van der Waals surface area contributed by atoms with Crippen LogP contribution in [0.2, 0.25) is 0 Å². The van der Waals surface area contributed by atoms with E-state index in [1.54, 1.807) is 6.07 Å². The summed E-state index contributed by atoms with van der Waals surface area (Å²) in [6.07, 6.45) is 0. The molecule has 0 bridgehead atoms. The van der Waals surface area contributed by atoms with Crippen LogP contribution < -0.4 is 5.32 Å². The zero-order chi connectivity index (χ0) is 10.7. The maximum atomic E-state index is 9.77. The summed E-state index contributed by atoms with van der Waals surface area (Å²) in [5.74, 6) is 0.406. The van der Waals surface area contributed by atoms with E-state index in [9.17, 15) is 5.11 Å². The summed E-state index contributed by atoms with van der Waals surface area (Å²) in [6.45, 7) is 6.33. The molecule has 0 radical (unpaired) electrons. The number of benzene rings is 1. The van der Waals surface area contributed by atoms with Crippen molar-refractivity contribution in [3.8, 4) is 5.75 Å². The van der Waals surface area contributed by atoms with Gasteiger partial charge in [0.05, 0.1) is 0 Å². The lowest BCUT2D eigenvalue weighted by atomic mass is 10.1. The predicted molar refractivity (Wildman–Crippen MR) is 75.5 cm³/mol. The maximum absolute atomic E-state index is 9.77. The average Bonchev–Trinajstić information content (AvgIpc) is 2.30. The van der Waals surface area contributed by atoms with Crippen molar-refractivity contribution in [3.05, 3.63) is 29.8 Å². The van der Waals surface area contributed by atoms with Crippen molar-refractivity contribution < 1.29 is 5.11 Å². The second-order valence-electron chi connectivity index (χ2n) is 4.02. The summed E-state index contributed by atoms with van der Waals surface area (Å²) in [5.41, 5.74) is 1.03. The average molecular weight is 279 g/mol. The monoisotopic (exact) mass is 278 g/mol. The molecule has 2 N–H and O–H groups in total. The number of phenolic OH excluding ortho intramolecular Hbond substituents is 1. The lowest BCUT2D eigenvalue weighted by molar-refractivity contribution is 0.183. The van der Waals surface area contributed by atoms with Crippen LogP contribution in [0.1, 0.15) is 18.5 Å². The first-order chi connectivity index (χ1) is 7.29. The third-order valence-electron chi connectivity index (χ3n) is 3.09. The molecule has 1 atom stereocenters. The van der Waals surface area contributed by atoms with Gasteiger partial charge in [0.15, 0.2) is 0 Å². The first-order valence-corrected chi connectivity index (χ1v) is 5.51. The van der Waals surface area contributed by atoms with Crippen LogP contribution in [0, 0.1) is 0 Å². The highest BCUT2D eigenvalue weighted by Crippen LogP contribution is 2.27. The molecular formula is C12H20Cl2N2O. The van der Waals surface area contributed by atoms with Gasteiger partial charge < -0.3 is 10.4 Å². The Balaban J connectivity index is 0.00000128. The highest BCUT2D eigenvalue weighted by Gasteiger charge is 2.19. The third-order valence-corrected chi connectivity index (χ3v) is 3.09. The lowest BCUT2D eigenvalue weighted by Crippen LogP contribution is -2.44. The van der Waals surface area contributed by atoms with Crippen molar-refractivity contribution >= 4 is 24.8 Å². The summed E-state index contributed by atoms with van der Waals surface area (Å²) in [6, 6.07) is 7.90. The van der Waals surface area contributed by atoms with E-state index in [0.29, 0.717) is 11.8 Å². The molecule has 1 heterocycles. The molecule has 5 heteroatoms. The Morgan fingerprint density at radius 1 is 1.18 bits per heavy atom. The molecule has 98 valence electrons. The van der Waals surface area contributed by atoms with Crippen LogP contribution in [-0.2, 0) is 0 Å². The van der Waals surface area contributed by atoms with E-state index in [4.69, 9.17) is 0 Å². The van der Waals surface area contributed by atoms with Crippen LogP contribution in [0.25, 0.3) is 0 Å². The van der Waals surface area contributed by atoms with Crippen molar-refractivity contribution in [2.24, 2.45) is 0 Å². The normalized spacial score (nSPS) is 17.7. The van der Waals surface area contributed by atoms with Gasteiger partial charge in [-0.1, -0.05) is 18.2 Å². The molecule has 0 spiro atoms. The highest BCUT2D eigenvalue weighted by molar-refractivity contribution is 5.85. The number of hydrogen-bond acceptors (Lipinski definition) is 3. The molecule has 3 nitrogen and oxygen atoms in total. The van der Waals surface area contributed by atoms with E-state index in [1.807, 2.05) is 18.2 Å². The Kier molecular flexibility index (Phi) is 7.55. The SMILES string of the molecule is C[C@H](c1ccccc1O)N1CCNCC1.Cl.Cl. The standard InChI is InChI=1S/C12H18N2O.2ClH/c1-10(14-8-6-13-7-9-14)11-4-2-3-5-12(11)15;;/h2-5,10,13,15H,6-9H2,1H3;2*1H/t10-;;/m1../s1. The third kappa shape index (κ3) is 4.03. The van der Waals surface area contributed by atoms with Gasteiger partial charge in [0.25, 0.3) is 0 Å². The van der Waals surface area contributed by atoms with Crippen LogP contribution in [0.4, 0.5) is 0 Å². The molecule has 0 unspecified atom stereocenters. The molecule has 0 saturated carbocycles. The second-order valence-corrected chi connectivity index (χ2v) is 4.02. The maximum Gasteiger partial charge on any atom is 0.120 e. The fourth-order valence-electron chi connectivity index (χ4n) is 2.11. The summed E-state index contributed by atoms with van der Waals surface area (Å²) in [7, 11) is 0. The number of para-hydroxylation sites is 1. The van der Waals surface area contributed by atoms with Gasteiger partial charge in [-0.25, -0.2) is 0 Å². The molecule has 1 aromatic rings. The van der Waals surface area contributed by atoms with Gasteiger partial charge >= 0.3 is 0 Å². The molecule has 0 aromatic heterocycles. The first kappa shape index (κ1) is 16.5. The minimum absolute atomic E-state index is 0. The fourth-order valence-corrected chi connectivity index (χ4v) is 2.11. The van der Waals surface area contributed by atoms with Gasteiger partial charge in [0, 0.05) is 37.8 Å². The Morgan fingerprint density at radius 2 is 1.76 bits per heavy atom. The minimum atomic E-state index is 0. The summed E-state index contributed by atoms with van der Waals surface area (Å²) >= 11 is 0. The molecule has 0 aliphatic carbocycles. The smallest absolute Gasteiger partial charge is 0.120 e. The Labute approximate surface area is 115 Å². The molecule has 0 amide bonds. The van der Waals surface area contributed by atoms with E-state index in [2.05, 4.69) is 17.1 Å². The Morgan fingerprint density at radius 3 is 2.35 bits per heavy atom. The molecule has 2 rings (SSSR count). The quantitative estimate of drug-likeness (QED) is 0.871. The number of piperazine rings is 1. The van der Waals surface area contributed by atoms with E-state index in [1.165, 1.54) is 0 Å². The van der Waals surface area contributed by atoms with E-state index >= 15 is 0 Å². The van der Waals surface area contributed by atoms with Crippen LogP contribution in [0.3, 0.4) is 0 Å². The predicted octanol–water partition coefficient (Wildman–Crippen LogP) is 2.20. The number of nitrogens with one attached hydrogen (secondary N) is 1. The number of hydrogen-bond donors (Lipinski definition) is 2. The Hall–Kier alpha value is -0.480. The summed E-state index contributed by atoms with van der Waals surface area (Å²) in [5, 5.41) is 13.1. The molecule has 1 fully saturated rings. The Bertz CT molecular complexity index is 330. The summed E-state index contributed by atoms with van der Waals surface area (Å²) < 4.78 is 0. The molecule has 1 aliphatic rings. The van der Waals surface area contributed by atoms with Gasteiger partial charge in [0.2, 0.25) is 0 Å². The van der Waals surface area contributed by atoms with Crippen LogP contribution >= 0.6 is 24.8 Å². The molecule has 1 aromatic carbocycles. The van der Waals surface area contributed by atoms with Crippen LogP contribution in [0.15, 0.2) is 24.3 Å². The fraction of sp³-hybridized carbons (Fsp3) is 0.500. The number of nitrogens with zero attached hydrogens (tertiary/aromatic N) is 1. The number of phenols is 1. The van der Waals surface area contributed by atoms with E-state index in [0.717, 1.165) is 31.7 Å². The molecular weight excluding hydrogens is 259 g/mol. The topological polar surface area (TPSA) is 35.5 Å². The zero-order valence-corrected chi connectivity index (χ0v) is 11.6. The van der Waals surface area contributed by atoms with Crippen molar-refractivity contribution in [3.63, 3.8) is 0 Å². The first-order valence-electron chi connectivity index (χ1n) is 5.51.